The van der Waals surface area contributed by atoms with Gasteiger partial charge in [-0.15, -0.1) is 0 Å². The van der Waals surface area contributed by atoms with Crippen LogP contribution in [-0.4, -0.2) is 22.8 Å². The van der Waals surface area contributed by atoms with E-state index in [2.05, 4.69) is 17.6 Å². The van der Waals surface area contributed by atoms with Crippen molar-refractivity contribution in [2.24, 2.45) is 0 Å². The summed E-state index contributed by atoms with van der Waals surface area (Å²) in [6.07, 6.45) is 2.37. The van der Waals surface area contributed by atoms with Gasteiger partial charge in [0.05, 0.1) is 4.92 Å². The lowest BCUT2D eigenvalue weighted by Gasteiger charge is -2.15. The molecular weight excluding hydrogens is 374 g/mol. The number of nitrogens with one attached hydrogen (secondary N) is 2. The molecular formula is C21H25N3O5. The number of para-hydroxylation sites is 2. The predicted molar refractivity (Wildman–Crippen MR) is 111 cm³/mol. The molecule has 8 heteroatoms. The van der Waals surface area contributed by atoms with Crippen LogP contribution in [0.3, 0.4) is 0 Å². The standard InChI is InChI=1S/C21H25N3O5/c1-3-4-5-13-20(25)22-16-9-8-10-17(14-16)23-21(26)15(2)29-19-12-7-6-11-18(19)24(27)28/h6-12,14-15H,3-5,13H2,1-2H3,(H,22,25)(H,23,26). The largest absolute Gasteiger partial charge is 0.474 e. The molecule has 1 atom stereocenters. The van der Waals surface area contributed by atoms with E-state index in [0.717, 1.165) is 19.3 Å². The molecule has 0 saturated heterocycles. The van der Waals surface area contributed by atoms with Crippen LogP contribution in [0.15, 0.2) is 48.5 Å². The van der Waals surface area contributed by atoms with E-state index in [4.69, 9.17) is 4.74 Å². The molecule has 29 heavy (non-hydrogen) atoms. The van der Waals surface area contributed by atoms with Crippen molar-refractivity contribution >= 4 is 28.9 Å². The molecule has 2 N–H and O–H groups in total. The van der Waals surface area contributed by atoms with Gasteiger partial charge in [0.2, 0.25) is 5.91 Å². The fraction of sp³-hybridized carbons (Fsp3) is 0.333. The summed E-state index contributed by atoms with van der Waals surface area (Å²) in [4.78, 5) is 34.9. The molecule has 0 aliphatic heterocycles. The topological polar surface area (TPSA) is 111 Å². The Hall–Kier alpha value is -3.42. The number of anilines is 2. The minimum absolute atomic E-state index is 0.0215. The molecule has 0 aromatic heterocycles. The summed E-state index contributed by atoms with van der Waals surface area (Å²) in [6, 6.07) is 12.7. The number of ether oxygens (including phenoxy) is 1. The number of benzene rings is 2. The van der Waals surface area contributed by atoms with Crippen LogP contribution in [0.4, 0.5) is 17.1 Å². The number of carbonyl (C=O) groups excluding carboxylic acids is 2. The summed E-state index contributed by atoms with van der Waals surface area (Å²) in [7, 11) is 0. The summed E-state index contributed by atoms with van der Waals surface area (Å²) in [5.41, 5.74) is 0.857. The van der Waals surface area contributed by atoms with Gasteiger partial charge >= 0.3 is 5.69 Å². The normalized spacial score (nSPS) is 11.4. The van der Waals surface area contributed by atoms with Crippen molar-refractivity contribution in [1.82, 2.24) is 0 Å². The summed E-state index contributed by atoms with van der Waals surface area (Å²) in [6.45, 7) is 3.58. The van der Waals surface area contributed by atoms with Crippen molar-refractivity contribution in [1.29, 1.82) is 0 Å². The van der Waals surface area contributed by atoms with Crippen LogP contribution in [0.1, 0.15) is 39.5 Å². The van der Waals surface area contributed by atoms with E-state index in [1.807, 2.05) is 0 Å². The lowest BCUT2D eigenvalue weighted by Crippen LogP contribution is -2.30. The molecule has 0 aliphatic rings. The van der Waals surface area contributed by atoms with Crippen molar-refractivity contribution in [3.05, 3.63) is 58.6 Å². The van der Waals surface area contributed by atoms with E-state index >= 15 is 0 Å². The van der Waals surface area contributed by atoms with Gasteiger partial charge in [0, 0.05) is 23.9 Å². The third-order valence-electron chi connectivity index (χ3n) is 4.16. The number of nitrogens with zero attached hydrogens (tertiary/aromatic N) is 1. The van der Waals surface area contributed by atoms with Crippen LogP contribution in [0.5, 0.6) is 5.75 Å². The Morgan fingerprint density at radius 1 is 1.07 bits per heavy atom. The van der Waals surface area contributed by atoms with Crippen molar-refractivity contribution in [2.45, 2.75) is 45.6 Å². The quantitative estimate of drug-likeness (QED) is 0.347. The second kappa shape index (κ2) is 10.8. The number of rotatable bonds is 10. The van der Waals surface area contributed by atoms with Gasteiger partial charge in [-0.2, -0.15) is 0 Å². The third kappa shape index (κ3) is 6.91. The van der Waals surface area contributed by atoms with Gasteiger partial charge in [0.1, 0.15) is 0 Å². The van der Waals surface area contributed by atoms with Crippen LogP contribution in [0.25, 0.3) is 0 Å². The van der Waals surface area contributed by atoms with Crippen molar-refractivity contribution in [3.8, 4) is 5.75 Å². The minimum Gasteiger partial charge on any atom is -0.474 e. The summed E-state index contributed by atoms with van der Waals surface area (Å²) < 4.78 is 5.47. The van der Waals surface area contributed by atoms with Gasteiger partial charge in [0.25, 0.3) is 5.91 Å². The Kier molecular flexibility index (Phi) is 8.14. The molecule has 0 saturated carbocycles. The maximum Gasteiger partial charge on any atom is 0.310 e. The number of nitro groups is 1. The van der Waals surface area contributed by atoms with E-state index in [1.165, 1.54) is 25.1 Å². The molecule has 8 nitrogen and oxygen atoms in total. The van der Waals surface area contributed by atoms with Crippen molar-refractivity contribution in [2.75, 3.05) is 10.6 Å². The van der Waals surface area contributed by atoms with Crippen LogP contribution < -0.4 is 15.4 Å². The molecule has 0 aliphatic carbocycles. The highest BCUT2D eigenvalue weighted by Gasteiger charge is 2.20. The van der Waals surface area contributed by atoms with Crippen LogP contribution >= 0.6 is 0 Å². The molecule has 0 heterocycles. The zero-order valence-corrected chi connectivity index (χ0v) is 16.5. The van der Waals surface area contributed by atoms with Gasteiger partial charge in [-0.3, -0.25) is 19.7 Å². The average molecular weight is 399 g/mol. The highest BCUT2D eigenvalue weighted by molar-refractivity contribution is 5.96. The smallest absolute Gasteiger partial charge is 0.310 e. The van der Waals surface area contributed by atoms with Gasteiger partial charge in [-0.25, -0.2) is 0 Å². The Bertz CT molecular complexity index is 869. The monoisotopic (exact) mass is 399 g/mol. The number of hydrogen-bond acceptors (Lipinski definition) is 5. The predicted octanol–water partition coefficient (Wildman–Crippen LogP) is 4.52. The first-order valence-electron chi connectivity index (χ1n) is 9.51. The number of hydrogen-bond donors (Lipinski definition) is 2. The van der Waals surface area contributed by atoms with Crippen molar-refractivity contribution in [3.63, 3.8) is 0 Å². The van der Waals surface area contributed by atoms with Crippen LogP contribution in [0.2, 0.25) is 0 Å². The molecule has 0 fully saturated rings. The maximum atomic E-state index is 12.4. The van der Waals surface area contributed by atoms with E-state index < -0.39 is 16.9 Å². The molecule has 0 spiro atoms. The zero-order chi connectivity index (χ0) is 21.2. The van der Waals surface area contributed by atoms with Gasteiger partial charge in [-0.1, -0.05) is 38.0 Å². The first kappa shape index (κ1) is 21.9. The first-order chi connectivity index (χ1) is 13.9. The fourth-order valence-electron chi connectivity index (χ4n) is 2.63. The second-order valence-electron chi connectivity index (χ2n) is 6.56. The Morgan fingerprint density at radius 2 is 1.76 bits per heavy atom. The lowest BCUT2D eigenvalue weighted by molar-refractivity contribution is -0.386. The molecule has 2 aromatic carbocycles. The molecule has 2 rings (SSSR count). The molecule has 2 amide bonds. The first-order valence-corrected chi connectivity index (χ1v) is 9.51. The molecule has 0 bridgehead atoms. The fourth-order valence-corrected chi connectivity index (χ4v) is 2.63. The van der Waals surface area contributed by atoms with Gasteiger partial charge in [-0.05, 0) is 37.6 Å². The highest BCUT2D eigenvalue weighted by atomic mass is 16.6. The summed E-state index contributed by atoms with van der Waals surface area (Å²) in [5.74, 6) is -0.516. The number of nitro benzene ring substituents is 1. The molecule has 0 radical (unpaired) electrons. The minimum atomic E-state index is -0.955. The molecule has 1 unspecified atom stereocenters. The third-order valence-corrected chi connectivity index (χ3v) is 4.16. The Morgan fingerprint density at radius 3 is 2.45 bits per heavy atom. The van der Waals surface area contributed by atoms with E-state index in [9.17, 15) is 19.7 Å². The van der Waals surface area contributed by atoms with Crippen molar-refractivity contribution < 1.29 is 19.2 Å². The summed E-state index contributed by atoms with van der Waals surface area (Å²) >= 11 is 0. The zero-order valence-electron chi connectivity index (χ0n) is 16.5. The maximum absolute atomic E-state index is 12.4. The SMILES string of the molecule is CCCCCC(=O)Nc1cccc(NC(=O)C(C)Oc2ccccc2[N+](=O)[O-])c1. The van der Waals surface area contributed by atoms with Gasteiger partial charge in [0.15, 0.2) is 11.9 Å². The number of carbonyl (C=O) groups is 2. The number of amides is 2. The Labute approximate surface area is 169 Å². The van der Waals surface area contributed by atoms with E-state index in [-0.39, 0.29) is 17.3 Å². The van der Waals surface area contributed by atoms with E-state index in [1.54, 1.807) is 30.3 Å². The Balaban J connectivity index is 1.96. The van der Waals surface area contributed by atoms with E-state index in [0.29, 0.717) is 17.8 Å². The van der Waals surface area contributed by atoms with Crippen LogP contribution in [-0.2, 0) is 9.59 Å². The average Bonchev–Trinajstić information content (AvgIpc) is 2.68. The lowest BCUT2D eigenvalue weighted by atomic mass is 10.2. The molecule has 154 valence electrons. The van der Waals surface area contributed by atoms with Gasteiger partial charge < -0.3 is 15.4 Å². The summed E-state index contributed by atoms with van der Waals surface area (Å²) in [5, 5.41) is 16.6. The number of unbranched alkanes of at least 4 members (excludes halogenated alkanes) is 2. The highest BCUT2D eigenvalue weighted by Crippen LogP contribution is 2.27. The van der Waals surface area contributed by atoms with Crippen LogP contribution in [0, 0.1) is 10.1 Å². The second-order valence-corrected chi connectivity index (χ2v) is 6.56. The molecule has 2 aromatic rings.